The highest BCUT2D eigenvalue weighted by Gasteiger charge is 2.19. The molecule has 1 N–H and O–H groups in total. The van der Waals surface area contributed by atoms with E-state index in [2.05, 4.69) is 18.3 Å². The van der Waals surface area contributed by atoms with E-state index in [0.717, 1.165) is 28.4 Å². The smallest absolute Gasteiger partial charge is 0.265 e. The first-order valence-electron chi connectivity index (χ1n) is 8.75. The number of nitrogens with one attached hydrogen (secondary N) is 1. The van der Waals surface area contributed by atoms with Crippen LogP contribution in [0, 0.1) is 0 Å². The fourth-order valence-corrected chi connectivity index (χ4v) is 2.89. The van der Waals surface area contributed by atoms with E-state index in [1.165, 1.54) is 0 Å². The Bertz CT molecular complexity index is 873. The highest BCUT2D eigenvalue weighted by molar-refractivity contribution is 5.95. The number of aryl methyl sites for hydroxylation is 1. The maximum absolute atomic E-state index is 12.6. The van der Waals surface area contributed by atoms with Gasteiger partial charge in [0.1, 0.15) is 5.75 Å². The first kappa shape index (κ1) is 17.0. The lowest BCUT2D eigenvalue weighted by Crippen LogP contribution is -2.32. The normalized spacial score (nSPS) is 11.9. The molecule has 3 rings (SSSR count). The summed E-state index contributed by atoms with van der Waals surface area (Å²) < 4.78 is 5.97. The molecule has 0 aliphatic heterocycles. The summed E-state index contributed by atoms with van der Waals surface area (Å²) in [5.41, 5.74) is 1.98. The second-order valence-electron chi connectivity index (χ2n) is 6.02. The van der Waals surface area contributed by atoms with Crippen molar-refractivity contribution in [1.29, 1.82) is 0 Å². The maximum Gasteiger partial charge on any atom is 0.265 e. The molecular weight excluding hydrogens is 310 g/mol. The third-order valence-electron chi connectivity index (χ3n) is 4.32. The molecule has 0 aliphatic rings. The monoisotopic (exact) mass is 333 g/mol. The molecule has 128 valence electrons. The van der Waals surface area contributed by atoms with Gasteiger partial charge in [0.15, 0.2) is 6.10 Å². The van der Waals surface area contributed by atoms with Gasteiger partial charge in [0.05, 0.1) is 0 Å². The van der Waals surface area contributed by atoms with Gasteiger partial charge in [-0.15, -0.1) is 0 Å². The summed E-state index contributed by atoms with van der Waals surface area (Å²) in [5.74, 6) is 0.598. The Morgan fingerprint density at radius 2 is 1.68 bits per heavy atom. The Labute approximate surface area is 148 Å². The zero-order chi connectivity index (χ0) is 17.6. The lowest BCUT2D eigenvalue weighted by Gasteiger charge is -2.18. The van der Waals surface area contributed by atoms with Gasteiger partial charge in [0.2, 0.25) is 0 Å². The lowest BCUT2D eigenvalue weighted by atomic mass is 10.1. The molecule has 1 amide bonds. The second kappa shape index (κ2) is 7.84. The molecule has 3 nitrogen and oxygen atoms in total. The minimum absolute atomic E-state index is 0.114. The number of fused-ring (bicyclic) bond motifs is 1. The highest BCUT2D eigenvalue weighted by Crippen LogP contribution is 2.23. The summed E-state index contributed by atoms with van der Waals surface area (Å²) in [6.07, 6.45) is 0.956. The number of anilines is 1. The molecule has 3 heteroatoms. The average molecular weight is 333 g/mol. The van der Waals surface area contributed by atoms with Gasteiger partial charge in [-0.05, 0) is 47.4 Å². The van der Waals surface area contributed by atoms with Crippen LogP contribution in [-0.2, 0) is 11.2 Å². The summed E-state index contributed by atoms with van der Waals surface area (Å²) in [5, 5.41) is 5.27. The van der Waals surface area contributed by atoms with Crippen LogP contribution in [0.25, 0.3) is 10.8 Å². The molecule has 0 saturated carbocycles. The quantitative estimate of drug-likeness (QED) is 0.673. The van der Waals surface area contributed by atoms with Crippen molar-refractivity contribution in [1.82, 2.24) is 0 Å². The first-order valence-corrected chi connectivity index (χ1v) is 8.75. The van der Waals surface area contributed by atoms with Crippen molar-refractivity contribution < 1.29 is 9.53 Å². The number of ether oxygens (including phenoxy) is 1. The standard InChI is InChI=1S/C22H23NO2/c1-3-16-9-7-8-12-20(16)23-22(24)21(4-2)25-19-14-13-17-10-5-6-11-18(17)15-19/h5-15,21H,3-4H2,1-2H3,(H,23,24)/t21-/m1/s1. The predicted octanol–water partition coefficient (Wildman–Crippen LogP) is 5.20. The molecule has 0 heterocycles. The van der Waals surface area contributed by atoms with Crippen LogP contribution >= 0.6 is 0 Å². The maximum atomic E-state index is 12.6. The van der Waals surface area contributed by atoms with Gasteiger partial charge in [-0.1, -0.05) is 62.4 Å². The summed E-state index contributed by atoms with van der Waals surface area (Å²) in [6, 6.07) is 21.9. The van der Waals surface area contributed by atoms with Crippen molar-refractivity contribution in [3.8, 4) is 5.75 Å². The third kappa shape index (κ3) is 4.00. The number of hydrogen-bond acceptors (Lipinski definition) is 2. The first-order chi connectivity index (χ1) is 12.2. The number of hydrogen-bond donors (Lipinski definition) is 1. The predicted molar refractivity (Wildman–Crippen MR) is 103 cm³/mol. The van der Waals surface area contributed by atoms with E-state index in [1.807, 2.05) is 67.6 Å². The van der Waals surface area contributed by atoms with E-state index in [-0.39, 0.29) is 5.91 Å². The zero-order valence-corrected chi connectivity index (χ0v) is 14.7. The van der Waals surface area contributed by atoms with Gasteiger partial charge < -0.3 is 10.1 Å². The van der Waals surface area contributed by atoms with Crippen LogP contribution in [0.1, 0.15) is 25.8 Å². The summed E-state index contributed by atoms with van der Waals surface area (Å²) >= 11 is 0. The second-order valence-corrected chi connectivity index (χ2v) is 6.02. The third-order valence-corrected chi connectivity index (χ3v) is 4.32. The Morgan fingerprint density at radius 3 is 2.44 bits per heavy atom. The number of carbonyl (C=O) groups is 1. The van der Waals surface area contributed by atoms with Gasteiger partial charge >= 0.3 is 0 Å². The number of para-hydroxylation sites is 1. The number of benzene rings is 3. The van der Waals surface area contributed by atoms with E-state index in [1.54, 1.807) is 0 Å². The molecule has 3 aromatic carbocycles. The molecule has 0 aromatic heterocycles. The largest absolute Gasteiger partial charge is 0.481 e. The molecule has 0 aliphatic carbocycles. The van der Waals surface area contributed by atoms with Crippen molar-refractivity contribution in [2.75, 3.05) is 5.32 Å². The Kier molecular flexibility index (Phi) is 5.34. The molecule has 0 radical (unpaired) electrons. The summed E-state index contributed by atoms with van der Waals surface area (Å²) in [6.45, 7) is 4.03. The molecule has 3 aromatic rings. The molecule has 1 atom stereocenters. The van der Waals surface area contributed by atoms with Gasteiger partial charge in [0.25, 0.3) is 5.91 Å². The van der Waals surface area contributed by atoms with Crippen LogP contribution in [0.2, 0.25) is 0 Å². The Hall–Kier alpha value is -2.81. The van der Waals surface area contributed by atoms with Gasteiger partial charge in [-0.2, -0.15) is 0 Å². The molecule has 0 fully saturated rings. The number of rotatable bonds is 6. The van der Waals surface area contributed by atoms with Gasteiger partial charge in [0, 0.05) is 5.69 Å². The summed E-state index contributed by atoms with van der Waals surface area (Å²) in [4.78, 5) is 12.6. The number of amides is 1. The van der Waals surface area contributed by atoms with Crippen molar-refractivity contribution >= 4 is 22.4 Å². The molecule has 0 saturated heterocycles. The molecule has 0 bridgehead atoms. The van der Waals surface area contributed by atoms with Crippen LogP contribution < -0.4 is 10.1 Å². The van der Waals surface area contributed by atoms with Crippen molar-refractivity contribution in [3.63, 3.8) is 0 Å². The van der Waals surface area contributed by atoms with Gasteiger partial charge in [-0.3, -0.25) is 4.79 Å². The van der Waals surface area contributed by atoms with Crippen molar-refractivity contribution in [2.45, 2.75) is 32.8 Å². The van der Waals surface area contributed by atoms with Crippen LogP contribution in [-0.4, -0.2) is 12.0 Å². The molecule has 25 heavy (non-hydrogen) atoms. The fourth-order valence-electron chi connectivity index (χ4n) is 2.89. The van der Waals surface area contributed by atoms with E-state index < -0.39 is 6.10 Å². The van der Waals surface area contributed by atoms with Crippen molar-refractivity contribution in [3.05, 3.63) is 72.3 Å². The molecular formula is C22H23NO2. The minimum atomic E-state index is -0.522. The van der Waals surface area contributed by atoms with Crippen LogP contribution in [0.3, 0.4) is 0 Å². The molecule has 0 unspecified atom stereocenters. The topological polar surface area (TPSA) is 38.3 Å². The van der Waals surface area contributed by atoms with Gasteiger partial charge in [-0.25, -0.2) is 0 Å². The van der Waals surface area contributed by atoms with E-state index >= 15 is 0 Å². The van der Waals surface area contributed by atoms with E-state index in [4.69, 9.17) is 4.74 Å². The van der Waals surface area contributed by atoms with Crippen molar-refractivity contribution in [2.24, 2.45) is 0 Å². The molecule has 0 spiro atoms. The average Bonchev–Trinajstić information content (AvgIpc) is 2.66. The van der Waals surface area contributed by atoms with E-state index in [0.29, 0.717) is 12.2 Å². The Balaban J connectivity index is 1.75. The lowest BCUT2D eigenvalue weighted by molar-refractivity contribution is -0.122. The van der Waals surface area contributed by atoms with E-state index in [9.17, 15) is 4.79 Å². The summed E-state index contributed by atoms with van der Waals surface area (Å²) in [7, 11) is 0. The Morgan fingerprint density at radius 1 is 0.960 bits per heavy atom. The fraction of sp³-hybridized carbons (Fsp3) is 0.227. The van der Waals surface area contributed by atoms with Crippen LogP contribution in [0.5, 0.6) is 5.75 Å². The number of carbonyl (C=O) groups excluding carboxylic acids is 1. The van der Waals surface area contributed by atoms with Crippen LogP contribution in [0.4, 0.5) is 5.69 Å². The SMILES string of the molecule is CCc1ccccc1NC(=O)[C@@H](CC)Oc1ccc2ccccc2c1. The zero-order valence-electron chi connectivity index (χ0n) is 14.7. The highest BCUT2D eigenvalue weighted by atomic mass is 16.5. The van der Waals surface area contributed by atoms with Crippen LogP contribution in [0.15, 0.2) is 66.7 Å². The minimum Gasteiger partial charge on any atom is -0.481 e.